The molecule has 0 saturated carbocycles. The molecule has 2 aliphatic heterocycles. The van der Waals surface area contributed by atoms with Crippen molar-refractivity contribution in [3.63, 3.8) is 0 Å². The monoisotopic (exact) mass is 289 g/mol. The number of hydrogen-bond acceptors (Lipinski definition) is 4. The quantitative estimate of drug-likeness (QED) is 0.743. The molecular weight excluding hydrogens is 274 g/mol. The zero-order valence-corrected chi connectivity index (χ0v) is 11.3. The Labute approximate surface area is 121 Å². The van der Waals surface area contributed by atoms with Gasteiger partial charge < -0.3 is 20.7 Å². The topological polar surface area (TPSA) is 96.5 Å². The molecule has 0 bridgehead atoms. The van der Waals surface area contributed by atoms with Gasteiger partial charge in [0.25, 0.3) is 0 Å². The second-order valence-corrected chi connectivity index (χ2v) is 5.01. The third-order valence-corrected chi connectivity index (χ3v) is 3.42. The van der Waals surface area contributed by atoms with Crippen molar-refractivity contribution in [3.05, 3.63) is 18.2 Å². The van der Waals surface area contributed by atoms with Gasteiger partial charge in [-0.25, -0.2) is 0 Å². The van der Waals surface area contributed by atoms with Crippen LogP contribution in [0.4, 0.5) is 11.4 Å². The van der Waals surface area contributed by atoms with Crippen molar-refractivity contribution in [2.24, 2.45) is 0 Å². The Balaban J connectivity index is 1.73. The van der Waals surface area contributed by atoms with E-state index in [1.807, 2.05) is 0 Å². The summed E-state index contributed by atoms with van der Waals surface area (Å²) < 4.78 is 5.44. The Kier molecular flexibility index (Phi) is 3.47. The molecule has 3 amide bonds. The van der Waals surface area contributed by atoms with Crippen molar-refractivity contribution in [1.82, 2.24) is 5.32 Å². The molecule has 1 atom stereocenters. The number of hydrogen-bond donors (Lipinski definition) is 3. The smallest absolute Gasteiger partial charge is 0.246 e. The third-order valence-electron chi connectivity index (χ3n) is 3.42. The maximum atomic E-state index is 12.0. The zero-order chi connectivity index (χ0) is 14.8. The Morgan fingerprint density at radius 1 is 1.24 bits per heavy atom. The van der Waals surface area contributed by atoms with E-state index in [1.54, 1.807) is 18.2 Å². The van der Waals surface area contributed by atoms with Gasteiger partial charge in [0.15, 0.2) is 0 Å². The van der Waals surface area contributed by atoms with Gasteiger partial charge in [-0.1, -0.05) is 0 Å². The van der Waals surface area contributed by atoms with Crippen LogP contribution in [0.15, 0.2) is 18.2 Å². The van der Waals surface area contributed by atoms with Gasteiger partial charge in [-0.2, -0.15) is 0 Å². The predicted octanol–water partition coefficient (Wildman–Crippen LogP) is 0.625. The van der Waals surface area contributed by atoms with Crippen LogP contribution in [0.2, 0.25) is 0 Å². The summed E-state index contributed by atoms with van der Waals surface area (Å²) in [5.41, 5.74) is 1.08. The molecule has 1 unspecified atom stereocenters. The summed E-state index contributed by atoms with van der Waals surface area (Å²) >= 11 is 0. The molecule has 0 radical (unpaired) electrons. The summed E-state index contributed by atoms with van der Waals surface area (Å²) in [6.45, 7) is 0.332. The van der Waals surface area contributed by atoms with Gasteiger partial charge in [-0.05, 0) is 24.6 Å². The van der Waals surface area contributed by atoms with Crippen LogP contribution in [0.5, 0.6) is 5.75 Å². The van der Waals surface area contributed by atoms with Crippen molar-refractivity contribution in [1.29, 1.82) is 0 Å². The number of anilines is 2. The number of ether oxygens (including phenoxy) is 1. The lowest BCUT2D eigenvalue weighted by Gasteiger charge is -2.13. The number of carbonyl (C=O) groups is 3. The number of amides is 3. The SMILES string of the molecule is O=C1CCOc2ccc(NC(=O)C3CCC(=O)N3)cc2N1. The maximum absolute atomic E-state index is 12.0. The fourth-order valence-corrected chi connectivity index (χ4v) is 2.34. The van der Waals surface area contributed by atoms with Crippen LogP contribution >= 0.6 is 0 Å². The minimum absolute atomic E-state index is 0.113. The molecule has 7 heteroatoms. The highest BCUT2D eigenvalue weighted by atomic mass is 16.5. The average Bonchev–Trinajstić information content (AvgIpc) is 2.79. The van der Waals surface area contributed by atoms with Crippen LogP contribution < -0.4 is 20.7 Å². The van der Waals surface area contributed by atoms with E-state index in [-0.39, 0.29) is 17.7 Å². The van der Waals surface area contributed by atoms with E-state index in [0.29, 0.717) is 43.0 Å². The Bertz CT molecular complexity index is 614. The molecule has 7 nitrogen and oxygen atoms in total. The van der Waals surface area contributed by atoms with E-state index in [9.17, 15) is 14.4 Å². The lowest BCUT2D eigenvalue weighted by Crippen LogP contribution is -2.37. The van der Waals surface area contributed by atoms with E-state index < -0.39 is 6.04 Å². The van der Waals surface area contributed by atoms with Crippen LogP contribution in [-0.2, 0) is 14.4 Å². The first-order chi connectivity index (χ1) is 10.1. The second-order valence-electron chi connectivity index (χ2n) is 5.01. The molecule has 1 aromatic carbocycles. The minimum atomic E-state index is -0.498. The Morgan fingerprint density at radius 2 is 2.10 bits per heavy atom. The number of fused-ring (bicyclic) bond motifs is 1. The van der Waals surface area contributed by atoms with E-state index in [4.69, 9.17) is 4.74 Å². The van der Waals surface area contributed by atoms with Gasteiger partial charge in [0.2, 0.25) is 17.7 Å². The molecule has 1 saturated heterocycles. The van der Waals surface area contributed by atoms with Crippen LogP contribution in [0, 0.1) is 0 Å². The highest BCUT2D eigenvalue weighted by Gasteiger charge is 2.27. The van der Waals surface area contributed by atoms with Gasteiger partial charge in [0, 0.05) is 12.1 Å². The van der Waals surface area contributed by atoms with Crippen LogP contribution in [0.25, 0.3) is 0 Å². The molecule has 0 aliphatic carbocycles. The number of rotatable bonds is 2. The maximum Gasteiger partial charge on any atom is 0.246 e. The van der Waals surface area contributed by atoms with Gasteiger partial charge in [-0.15, -0.1) is 0 Å². The van der Waals surface area contributed by atoms with E-state index in [2.05, 4.69) is 16.0 Å². The summed E-state index contributed by atoms with van der Waals surface area (Å²) in [7, 11) is 0. The third kappa shape index (κ3) is 2.96. The van der Waals surface area contributed by atoms with E-state index in [0.717, 1.165) is 0 Å². The summed E-state index contributed by atoms with van der Waals surface area (Å²) in [5, 5.41) is 8.06. The highest BCUT2D eigenvalue weighted by Crippen LogP contribution is 2.30. The zero-order valence-electron chi connectivity index (χ0n) is 11.3. The van der Waals surface area contributed by atoms with Crippen molar-refractivity contribution in [2.75, 3.05) is 17.2 Å². The molecule has 0 spiro atoms. The first-order valence-electron chi connectivity index (χ1n) is 6.79. The normalized spacial score (nSPS) is 20.7. The number of nitrogens with one attached hydrogen (secondary N) is 3. The molecular formula is C14H15N3O4. The molecule has 3 N–H and O–H groups in total. The molecule has 21 heavy (non-hydrogen) atoms. The fraction of sp³-hybridized carbons (Fsp3) is 0.357. The summed E-state index contributed by atoms with van der Waals surface area (Å²) in [4.78, 5) is 34.6. The molecule has 3 rings (SSSR count). The molecule has 1 aromatic rings. The predicted molar refractivity (Wildman–Crippen MR) is 75.0 cm³/mol. The fourth-order valence-electron chi connectivity index (χ4n) is 2.34. The molecule has 2 aliphatic rings. The first-order valence-corrected chi connectivity index (χ1v) is 6.79. The minimum Gasteiger partial charge on any atom is -0.491 e. The molecule has 110 valence electrons. The summed E-state index contributed by atoms with van der Waals surface area (Å²) in [6, 6.07) is 4.55. The molecule has 1 fully saturated rings. The van der Waals surface area contributed by atoms with Crippen LogP contribution in [0.1, 0.15) is 19.3 Å². The lowest BCUT2D eigenvalue weighted by atomic mass is 10.2. The van der Waals surface area contributed by atoms with Crippen molar-refractivity contribution in [2.45, 2.75) is 25.3 Å². The van der Waals surface area contributed by atoms with E-state index in [1.165, 1.54) is 0 Å². The lowest BCUT2D eigenvalue weighted by molar-refractivity contribution is -0.122. The summed E-state index contributed by atoms with van der Waals surface area (Å²) in [6.07, 6.45) is 1.16. The van der Waals surface area contributed by atoms with Crippen LogP contribution in [-0.4, -0.2) is 30.4 Å². The standard InChI is InChI=1S/C14H15N3O4/c18-12-4-2-9(16-12)14(20)15-8-1-3-11-10(7-8)17-13(19)5-6-21-11/h1,3,7,9H,2,4-6H2,(H,15,20)(H,16,18)(H,17,19). The summed E-state index contributed by atoms with van der Waals surface area (Å²) in [5.74, 6) is 0.0766. The Hall–Kier alpha value is -2.57. The largest absolute Gasteiger partial charge is 0.491 e. The van der Waals surface area contributed by atoms with Gasteiger partial charge in [0.1, 0.15) is 11.8 Å². The first kappa shape index (κ1) is 13.4. The van der Waals surface area contributed by atoms with Gasteiger partial charge in [0.05, 0.1) is 18.7 Å². The number of carbonyl (C=O) groups excluding carboxylic acids is 3. The molecule has 2 heterocycles. The van der Waals surface area contributed by atoms with Crippen molar-refractivity contribution >= 4 is 29.1 Å². The Morgan fingerprint density at radius 3 is 2.86 bits per heavy atom. The van der Waals surface area contributed by atoms with Crippen molar-refractivity contribution in [3.8, 4) is 5.75 Å². The van der Waals surface area contributed by atoms with Crippen molar-refractivity contribution < 1.29 is 19.1 Å². The highest BCUT2D eigenvalue weighted by molar-refractivity contribution is 6.00. The van der Waals surface area contributed by atoms with E-state index >= 15 is 0 Å². The number of benzene rings is 1. The second kappa shape index (κ2) is 5.43. The average molecular weight is 289 g/mol. The van der Waals surface area contributed by atoms with Crippen LogP contribution in [0.3, 0.4) is 0 Å². The van der Waals surface area contributed by atoms with Gasteiger partial charge in [-0.3, -0.25) is 14.4 Å². The van der Waals surface area contributed by atoms with Gasteiger partial charge >= 0.3 is 0 Å². The molecule has 0 aromatic heterocycles.